The molecule has 2 rings (SSSR count). The number of anilines is 2. The zero-order chi connectivity index (χ0) is 18.5. The summed E-state index contributed by atoms with van der Waals surface area (Å²) in [5, 5.41) is 2.80. The van der Waals surface area contributed by atoms with Gasteiger partial charge in [-0.05, 0) is 24.3 Å². The fraction of sp³-hybridized carbons (Fsp3) is 0.562. The number of likely N-dealkylation sites (N-methyl/N-ethyl adjacent to an activating group) is 1. The normalized spacial score (nSPS) is 17.9. The maximum Gasteiger partial charge on any atom is 0.261 e. The lowest BCUT2D eigenvalue weighted by molar-refractivity contribution is -0.893. The minimum Gasteiger partial charge on any atom is -0.365 e. The van der Waals surface area contributed by atoms with E-state index in [0.29, 0.717) is 12.3 Å². The third-order valence-electron chi connectivity index (χ3n) is 3.81. The number of carbonyl (C=O) groups is 1. The summed E-state index contributed by atoms with van der Waals surface area (Å²) in [5.74, 6) is -0.0287. The Morgan fingerprint density at radius 3 is 2.12 bits per heavy atom. The van der Waals surface area contributed by atoms with Crippen molar-refractivity contribution in [1.29, 1.82) is 0 Å². The van der Waals surface area contributed by atoms with Gasteiger partial charge in [-0.1, -0.05) is 0 Å². The molecule has 1 aromatic rings. The van der Waals surface area contributed by atoms with Crippen LogP contribution in [-0.2, 0) is 14.9 Å². The first kappa shape index (κ1) is 20.4. The first-order chi connectivity index (χ1) is 10.9. The summed E-state index contributed by atoms with van der Waals surface area (Å²) in [6.45, 7) is 3.74. The van der Waals surface area contributed by atoms with Crippen molar-refractivity contribution in [1.82, 2.24) is 0 Å². The van der Waals surface area contributed by atoms with Crippen molar-refractivity contribution in [3.63, 3.8) is 0 Å². The molecule has 0 aliphatic carbocycles. The highest BCUT2D eigenvalue weighted by Gasteiger charge is 2.32. The standard InChI is InChI=1S/C15H23N3O.CH4O3S/c1-12(19)16-13-5-7-14(8-6-13)17-10-9-15(11-17)18(2,3)4;1-5(2,3)4/h5-8,15H,9-11H2,1-4H3;1H3,(H,2,3,4)/p+1. The van der Waals surface area contributed by atoms with Crippen LogP contribution in [0.4, 0.5) is 11.4 Å². The summed E-state index contributed by atoms with van der Waals surface area (Å²) in [6.07, 6.45) is 1.95. The lowest BCUT2D eigenvalue weighted by Crippen LogP contribution is -2.46. The van der Waals surface area contributed by atoms with Crippen LogP contribution in [0.15, 0.2) is 24.3 Å². The first-order valence-electron chi connectivity index (χ1n) is 7.72. The number of hydrogen-bond donors (Lipinski definition) is 2. The Balaban J connectivity index is 0.000000505. The molecule has 8 heteroatoms. The third kappa shape index (κ3) is 7.76. The summed E-state index contributed by atoms with van der Waals surface area (Å²) in [6, 6.07) is 8.80. The molecule has 2 N–H and O–H groups in total. The van der Waals surface area contributed by atoms with Gasteiger partial charge in [0, 0.05) is 31.3 Å². The van der Waals surface area contributed by atoms with E-state index in [1.54, 1.807) is 0 Å². The topological polar surface area (TPSA) is 86.7 Å². The monoisotopic (exact) mass is 358 g/mol. The molecular weight excluding hydrogens is 330 g/mol. The van der Waals surface area contributed by atoms with E-state index < -0.39 is 10.1 Å². The van der Waals surface area contributed by atoms with Gasteiger partial charge in [-0.3, -0.25) is 9.35 Å². The van der Waals surface area contributed by atoms with Crippen LogP contribution in [0.25, 0.3) is 0 Å². The number of amides is 1. The van der Waals surface area contributed by atoms with Gasteiger partial charge < -0.3 is 14.7 Å². The lowest BCUT2D eigenvalue weighted by atomic mass is 10.2. The first-order valence-corrected chi connectivity index (χ1v) is 9.57. The molecule has 1 saturated heterocycles. The Labute approximate surface area is 144 Å². The van der Waals surface area contributed by atoms with Crippen LogP contribution in [0.5, 0.6) is 0 Å². The fourth-order valence-corrected chi connectivity index (χ4v) is 2.57. The summed E-state index contributed by atoms with van der Waals surface area (Å²) < 4.78 is 26.9. The number of nitrogens with one attached hydrogen (secondary N) is 1. The number of quaternary nitrogens is 1. The zero-order valence-corrected chi connectivity index (χ0v) is 15.8. The molecule has 136 valence electrons. The van der Waals surface area contributed by atoms with Crippen LogP contribution in [0, 0.1) is 0 Å². The van der Waals surface area contributed by atoms with Gasteiger partial charge in [-0.15, -0.1) is 0 Å². The molecule has 0 aromatic heterocycles. The molecule has 7 nitrogen and oxygen atoms in total. The summed E-state index contributed by atoms with van der Waals surface area (Å²) in [5.41, 5.74) is 2.10. The van der Waals surface area contributed by atoms with Crippen LogP contribution in [-0.4, -0.2) is 69.9 Å². The van der Waals surface area contributed by atoms with Crippen molar-refractivity contribution in [3.05, 3.63) is 24.3 Å². The summed E-state index contributed by atoms with van der Waals surface area (Å²) in [7, 11) is 3.11. The second-order valence-corrected chi connectivity index (χ2v) is 8.43. The van der Waals surface area contributed by atoms with E-state index >= 15 is 0 Å². The summed E-state index contributed by atoms with van der Waals surface area (Å²) in [4.78, 5) is 13.4. The highest BCUT2D eigenvalue weighted by Crippen LogP contribution is 2.25. The van der Waals surface area contributed by atoms with E-state index in [4.69, 9.17) is 4.55 Å². The average molecular weight is 358 g/mol. The van der Waals surface area contributed by atoms with Crippen LogP contribution in [0.2, 0.25) is 0 Å². The maximum absolute atomic E-state index is 11.0. The quantitative estimate of drug-likeness (QED) is 0.631. The van der Waals surface area contributed by atoms with Gasteiger partial charge in [0.2, 0.25) is 5.91 Å². The Morgan fingerprint density at radius 2 is 1.75 bits per heavy atom. The van der Waals surface area contributed by atoms with E-state index in [2.05, 4.69) is 43.5 Å². The number of nitrogens with zero attached hydrogens (tertiary/aromatic N) is 2. The molecule has 24 heavy (non-hydrogen) atoms. The van der Waals surface area contributed by atoms with E-state index in [1.165, 1.54) is 19.0 Å². The number of benzene rings is 1. The Hall–Kier alpha value is -1.64. The van der Waals surface area contributed by atoms with Crippen LogP contribution in [0.1, 0.15) is 13.3 Å². The predicted molar refractivity (Wildman–Crippen MR) is 96.9 cm³/mol. The lowest BCUT2D eigenvalue weighted by Gasteiger charge is -2.31. The molecule has 0 spiro atoms. The SMILES string of the molecule is CC(=O)Nc1ccc(N2CCC([N+](C)(C)C)C2)cc1.CS(=O)(=O)O. The fourth-order valence-electron chi connectivity index (χ4n) is 2.57. The largest absolute Gasteiger partial charge is 0.365 e. The molecule has 1 aliphatic rings. The van der Waals surface area contributed by atoms with Crippen molar-refractivity contribution < 1.29 is 22.2 Å². The molecule has 0 saturated carbocycles. The van der Waals surface area contributed by atoms with Crippen molar-refractivity contribution >= 4 is 27.4 Å². The van der Waals surface area contributed by atoms with E-state index in [0.717, 1.165) is 23.3 Å². The summed E-state index contributed by atoms with van der Waals surface area (Å²) >= 11 is 0. The highest BCUT2D eigenvalue weighted by molar-refractivity contribution is 7.85. The van der Waals surface area contributed by atoms with Gasteiger partial charge in [0.15, 0.2) is 0 Å². The van der Waals surface area contributed by atoms with E-state index in [9.17, 15) is 13.2 Å². The van der Waals surface area contributed by atoms with Gasteiger partial charge in [-0.2, -0.15) is 8.42 Å². The van der Waals surface area contributed by atoms with Crippen LogP contribution >= 0.6 is 0 Å². The highest BCUT2D eigenvalue weighted by atomic mass is 32.2. The molecule has 1 aromatic carbocycles. The Bertz CT molecular complexity index is 643. The molecule has 1 amide bonds. The van der Waals surface area contributed by atoms with E-state index in [-0.39, 0.29) is 5.91 Å². The van der Waals surface area contributed by atoms with Crippen LogP contribution in [0.3, 0.4) is 0 Å². The number of carbonyl (C=O) groups excluding carboxylic acids is 1. The van der Waals surface area contributed by atoms with Gasteiger partial charge >= 0.3 is 0 Å². The zero-order valence-electron chi connectivity index (χ0n) is 15.0. The van der Waals surface area contributed by atoms with Gasteiger partial charge in [-0.25, -0.2) is 0 Å². The smallest absolute Gasteiger partial charge is 0.261 e. The average Bonchev–Trinajstić information content (AvgIpc) is 2.86. The van der Waals surface area contributed by atoms with Gasteiger partial charge in [0.1, 0.15) is 6.04 Å². The number of rotatable bonds is 3. The van der Waals surface area contributed by atoms with E-state index in [1.807, 2.05) is 12.1 Å². The van der Waals surface area contributed by atoms with Crippen molar-refractivity contribution in [2.45, 2.75) is 19.4 Å². The Kier molecular flexibility index (Phi) is 6.76. The molecule has 1 fully saturated rings. The molecule has 1 heterocycles. The molecule has 1 atom stereocenters. The van der Waals surface area contributed by atoms with Gasteiger partial charge in [0.05, 0.1) is 33.9 Å². The van der Waals surface area contributed by atoms with Crippen molar-refractivity contribution in [2.75, 3.05) is 50.7 Å². The predicted octanol–water partition coefficient (Wildman–Crippen LogP) is 1.43. The minimum absolute atomic E-state index is 0.0287. The van der Waals surface area contributed by atoms with Gasteiger partial charge in [0.25, 0.3) is 10.1 Å². The molecule has 0 radical (unpaired) electrons. The second kappa shape index (κ2) is 7.96. The second-order valence-electron chi connectivity index (χ2n) is 6.97. The molecular formula is C16H28N3O4S+. The Morgan fingerprint density at radius 1 is 1.25 bits per heavy atom. The third-order valence-corrected chi connectivity index (χ3v) is 3.81. The minimum atomic E-state index is -3.67. The number of hydrogen-bond acceptors (Lipinski definition) is 4. The molecule has 1 unspecified atom stereocenters. The molecule has 0 bridgehead atoms. The molecule has 1 aliphatic heterocycles. The van der Waals surface area contributed by atoms with Crippen LogP contribution < -0.4 is 10.2 Å². The maximum atomic E-state index is 11.0. The van der Waals surface area contributed by atoms with Crippen molar-refractivity contribution in [2.24, 2.45) is 0 Å². The van der Waals surface area contributed by atoms with Crippen molar-refractivity contribution in [3.8, 4) is 0 Å².